The Morgan fingerprint density at radius 3 is 2.69 bits per heavy atom. The van der Waals surface area contributed by atoms with E-state index in [1.807, 2.05) is 13.0 Å². The summed E-state index contributed by atoms with van der Waals surface area (Å²) in [5.74, 6) is 4.11. The Morgan fingerprint density at radius 1 is 1.38 bits per heavy atom. The molecule has 0 N–H and O–H groups in total. The van der Waals surface area contributed by atoms with Crippen molar-refractivity contribution >= 4 is 0 Å². The first-order chi connectivity index (χ1) is 7.72. The molecule has 86 valence electrons. The highest BCUT2D eigenvalue weighted by Crippen LogP contribution is 2.26. The molecule has 1 unspecified atom stereocenters. The van der Waals surface area contributed by atoms with Gasteiger partial charge in [0.15, 0.2) is 0 Å². The molecule has 0 radical (unpaired) electrons. The molecule has 1 aromatic rings. The van der Waals surface area contributed by atoms with Gasteiger partial charge in [-0.3, -0.25) is 0 Å². The summed E-state index contributed by atoms with van der Waals surface area (Å²) in [6.07, 6.45) is 7.17. The van der Waals surface area contributed by atoms with Gasteiger partial charge >= 0.3 is 0 Å². The van der Waals surface area contributed by atoms with Crippen molar-refractivity contribution in [2.45, 2.75) is 39.5 Å². The second kappa shape index (κ2) is 6.23. The normalized spacial score (nSPS) is 11.9. The van der Waals surface area contributed by atoms with Crippen molar-refractivity contribution in [2.75, 3.05) is 6.61 Å². The first-order valence-electron chi connectivity index (χ1n) is 5.92. The van der Waals surface area contributed by atoms with Gasteiger partial charge in [0.25, 0.3) is 0 Å². The van der Waals surface area contributed by atoms with Crippen molar-refractivity contribution in [2.24, 2.45) is 0 Å². The van der Waals surface area contributed by atoms with Crippen molar-refractivity contribution in [3.63, 3.8) is 0 Å². The first-order valence-corrected chi connectivity index (χ1v) is 5.92. The maximum absolute atomic E-state index is 5.50. The van der Waals surface area contributed by atoms with Crippen LogP contribution in [0.3, 0.4) is 0 Å². The lowest BCUT2D eigenvalue weighted by molar-refractivity contribution is 0.339. The second-order valence-corrected chi connectivity index (χ2v) is 3.96. The number of rotatable bonds is 5. The number of aryl methyl sites for hydroxylation is 1. The van der Waals surface area contributed by atoms with Crippen molar-refractivity contribution in [3.05, 3.63) is 29.3 Å². The Morgan fingerprint density at radius 2 is 2.12 bits per heavy atom. The topological polar surface area (TPSA) is 9.23 Å². The zero-order valence-electron chi connectivity index (χ0n) is 10.4. The fraction of sp³-hybridized carbons (Fsp3) is 0.467. The summed E-state index contributed by atoms with van der Waals surface area (Å²) in [6, 6.07) is 6.31. The number of hydrogen-bond acceptors (Lipinski definition) is 1. The van der Waals surface area contributed by atoms with Crippen molar-refractivity contribution in [1.29, 1.82) is 0 Å². The zero-order valence-corrected chi connectivity index (χ0v) is 10.4. The van der Waals surface area contributed by atoms with E-state index in [9.17, 15) is 0 Å². The summed E-state index contributed by atoms with van der Waals surface area (Å²) in [4.78, 5) is 0. The van der Waals surface area contributed by atoms with Gasteiger partial charge in [0, 0.05) is 6.42 Å². The molecule has 0 fully saturated rings. The van der Waals surface area contributed by atoms with E-state index >= 15 is 0 Å². The van der Waals surface area contributed by atoms with Crippen LogP contribution < -0.4 is 4.74 Å². The molecule has 0 aliphatic rings. The third kappa shape index (κ3) is 3.03. The summed E-state index contributed by atoms with van der Waals surface area (Å²) in [5, 5.41) is 0. The number of benzene rings is 1. The summed E-state index contributed by atoms with van der Waals surface area (Å²) in [7, 11) is 0. The molecule has 0 aliphatic carbocycles. The van der Waals surface area contributed by atoms with Crippen LogP contribution in [0.2, 0.25) is 0 Å². The van der Waals surface area contributed by atoms with Crippen LogP contribution in [-0.4, -0.2) is 6.61 Å². The van der Waals surface area contributed by atoms with Crippen LogP contribution in [0.25, 0.3) is 0 Å². The molecule has 1 atom stereocenters. The lowest BCUT2D eigenvalue weighted by Crippen LogP contribution is -2.00. The highest BCUT2D eigenvalue weighted by molar-refractivity contribution is 5.38. The van der Waals surface area contributed by atoms with Gasteiger partial charge in [-0.05, 0) is 42.5 Å². The van der Waals surface area contributed by atoms with Crippen LogP contribution in [0.1, 0.15) is 44.2 Å². The summed E-state index contributed by atoms with van der Waals surface area (Å²) < 4.78 is 5.50. The van der Waals surface area contributed by atoms with Gasteiger partial charge in [-0.25, -0.2) is 0 Å². The van der Waals surface area contributed by atoms with E-state index < -0.39 is 0 Å². The number of ether oxygens (including phenoxy) is 1. The predicted octanol–water partition coefficient (Wildman–Crippen LogP) is 3.77. The lowest BCUT2D eigenvalue weighted by atomic mass is 9.92. The Bertz CT molecular complexity index is 374. The summed E-state index contributed by atoms with van der Waals surface area (Å²) >= 11 is 0. The quantitative estimate of drug-likeness (QED) is 0.681. The molecule has 16 heavy (non-hydrogen) atoms. The van der Waals surface area contributed by atoms with E-state index in [-0.39, 0.29) is 0 Å². The molecule has 0 aliphatic heterocycles. The average molecular weight is 216 g/mol. The minimum absolute atomic E-state index is 0.427. The first kappa shape index (κ1) is 12.6. The minimum atomic E-state index is 0.427. The molecule has 0 aromatic heterocycles. The molecule has 0 bridgehead atoms. The lowest BCUT2D eigenvalue weighted by Gasteiger charge is -2.15. The smallest absolute Gasteiger partial charge is 0.119 e. The van der Waals surface area contributed by atoms with Gasteiger partial charge in [-0.1, -0.05) is 19.9 Å². The van der Waals surface area contributed by atoms with E-state index in [0.717, 1.165) is 18.6 Å². The number of terminal acetylenes is 1. The van der Waals surface area contributed by atoms with E-state index in [2.05, 4.69) is 31.9 Å². The Balaban J connectivity index is 2.97. The van der Waals surface area contributed by atoms with Crippen LogP contribution in [0.5, 0.6) is 5.75 Å². The highest BCUT2D eigenvalue weighted by atomic mass is 16.5. The summed E-state index contributed by atoms with van der Waals surface area (Å²) in [5.41, 5.74) is 2.69. The molecule has 0 amide bonds. The Kier molecular flexibility index (Phi) is 4.92. The molecule has 0 saturated carbocycles. The number of hydrogen-bond donors (Lipinski definition) is 0. The van der Waals surface area contributed by atoms with Gasteiger partial charge in [0.05, 0.1) is 6.61 Å². The van der Waals surface area contributed by atoms with Gasteiger partial charge < -0.3 is 4.74 Å². The second-order valence-electron chi connectivity index (χ2n) is 3.96. The summed E-state index contributed by atoms with van der Waals surface area (Å²) in [6.45, 7) is 7.05. The highest BCUT2D eigenvalue weighted by Gasteiger charge is 2.09. The van der Waals surface area contributed by atoms with E-state index in [1.54, 1.807) is 0 Å². The van der Waals surface area contributed by atoms with Gasteiger partial charge in [-0.15, -0.1) is 12.3 Å². The molecular weight excluding hydrogens is 196 g/mol. The molecule has 1 heteroatoms. The van der Waals surface area contributed by atoms with Crippen LogP contribution in [0.4, 0.5) is 0 Å². The molecule has 0 saturated heterocycles. The minimum Gasteiger partial charge on any atom is -0.494 e. The zero-order chi connectivity index (χ0) is 12.0. The molecule has 0 spiro atoms. The van der Waals surface area contributed by atoms with Crippen molar-refractivity contribution in [1.82, 2.24) is 0 Å². The van der Waals surface area contributed by atoms with E-state index in [4.69, 9.17) is 11.2 Å². The van der Waals surface area contributed by atoms with Gasteiger partial charge in [-0.2, -0.15) is 0 Å². The fourth-order valence-corrected chi connectivity index (χ4v) is 1.91. The molecule has 1 nitrogen and oxygen atoms in total. The van der Waals surface area contributed by atoms with Crippen LogP contribution >= 0.6 is 0 Å². The Hall–Kier alpha value is -1.42. The van der Waals surface area contributed by atoms with Crippen LogP contribution in [-0.2, 0) is 6.42 Å². The fourth-order valence-electron chi connectivity index (χ4n) is 1.91. The molecule has 0 heterocycles. The largest absolute Gasteiger partial charge is 0.494 e. The maximum atomic E-state index is 5.50. The molecular formula is C15H20O. The third-order valence-corrected chi connectivity index (χ3v) is 2.76. The van der Waals surface area contributed by atoms with Crippen LogP contribution in [0, 0.1) is 12.3 Å². The van der Waals surface area contributed by atoms with E-state index in [1.165, 1.54) is 11.1 Å². The van der Waals surface area contributed by atoms with Crippen molar-refractivity contribution < 1.29 is 4.74 Å². The van der Waals surface area contributed by atoms with Gasteiger partial charge in [0.2, 0.25) is 0 Å². The SMILES string of the molecule is C#CCC(C)c1ccc(OCC)cc1CC. The molecule has 1 rings (SSSR count). The monoisotopic (exact) mass is 216 g/mol. The van der Waals surface area contributed by atoms with E-state index in [0.29, 0.717) is 12.5 Å². The van der Waals surface area contributed by atoms with Crippen LogP contribution in [0.15, 0.2) is 18.2 Å². The molecule has 1 aromatic carbocycles. The maximum Gasteiger partial charge on any atom is 0.119 e. The van der Waals surface area contributed by atoms with Gasteiger partial charge in [0.1, 0.15) is 5.75 Å². The van der Waals surface area contributed by atoms with Crippen molar-refractivity contribution in [3.8, 4) is 18.1 Å². The Labute approximate surface area is 98.8 Å². The standard InChI is InChI=1S/C15H20O/c1-5-8-12(4)15-10-9-14(16-7-3)11-13(15)6-2/h1,9-12H,6-8H2,2-4H3. The average Bonchev–Trinajstić information content (AvgIpc) is 2.29. The predicted molar refractivity (Wildman–Crippen MR) is 68.9 cm³/mol. The third-order valence-electron chi connectivity index (χ3n) is 2.76.